The molecule has 0 radical (unpaired) electrons. The zero-order valence-corrected chi connectivity index (χ0v) is 8.80. The Morgan fingerprint density at radius 1 is 1.09 bits per heavy atom. The second-order valence-electron chi connectivity index (χ2n) is 1.48. The van der Waals surface area contributed by atoms with E-state index in [4.69, 9.17) is 34.4 Å². The average Bonchev–Trinajstić information content (AvgIpc) is 1.97. The van der Waals surface area contributed by atoms with E-state index in [2.05, 4.69) is 9.05 Å². The zero-order chi connectivity index (χ0) is 8.74. The lowest BCUT2D eigenvalue weighted by Crippen LogP contribution is -1.96. The summed E-state index contributed by atoms with van der Waals surface area (Å²) in [6.07, 6.45) is 0. The van der Waals surface area contributed by atoms with Crippen LogP contribution in [0.15, 0.2) is 0 Å². The van der Waals surface area contributed by atoms with E-state index in [9.17, 15) is 4.57 Å². The Hall–Kier alpha value is 1.02. The Balaban J connectivity index is 3.53. The van der Waals surface area contributed by atoms with Gasteiger partial charge in [0.25, 0.3) is 0 Å². The maximum Gasteiger partial charge on any atom is 0.424 e. The van der Waals surface area contributed by atoms with Crippen molar-refractivity contribution >= 4 is 41.4 Å². The first-order valence-corrected chi connectivity index (χ1v) is 6.35. The van der Waals surface area contributed by atoms with Gasteiger partial charge in [-0.1, -0.05) is 0 Å². The van der Waals surface area contributed by atoms with Crippen molar-refractivity contribution in [2.24, 2.45) is 0 Å². The summed E-state index contributed by atoms with van der Waals surface area (Å²) in [7, 11) is 0. The molecule has 0 bridgehead atoms. The predicted octanol–water partition coefficient (Wildman–Crippen LogP) is 2.84. The normalized spacial score (nSPS) is 11.9. The molecule has 0 aromatic rings. The molecular weight excluding hydrogens is 233 g/mol. The summed E-state index contributed by atoms with van der Waals surface area (Å²) < 4.78 is 20.1. The van der Waals surface area contributed by atoms with E-state index in [1.54, 1.807) is 0 Å². The van der Waals surface area contributed by atoms with Gasteiger partial charge in [-0.15, -0.1) is 23.2 Å². The summed E-state index contributed by atoms with van der Waals surface area (Å²) in [5.74, 6) is 0.446. The lowest BCUT2D eigenvalue weighted by atomic mass is 10.9. The van der Waals surface area contributed by atoms with Crippen molar-refractivity contribution in [1.29, 1.82) is 0 Å². The van der Waals surface area contributed by atoms with Gasteiger partial charge in [0, 0.05) is 23.0 Å². The molecule has 0 unspecified atom stereocenters. The van der Waals surface area contributed by atoms with Crippen LogP contribution in [0.25, 0.3) is 0 Å². The summed E-state index contributed by atoms with van der Waals surface area (Å²) in [5.41, 5.74) is 0. The monoisotopic (exact) mass is 240 g/mol. The lowest BCUT2D eigenvalue weighted by molar-refractivity contribution is 0.237. The fourth-order valence-electron chi connectivity index (χ4n) is 0.324. The summed E-state index contributed by atoms with van der Waals surface area (Å²) in [6.45, 7) is -3.22. The Morgan fingerprint density at radius 2 is 1.45 bits per heavy atom. The minimum Gasteiger partial charge on any atom is -0.296 e. The molecule has 0 amide bonds. The van der Waals surface area contributed by atoms with Gasteiger partial charge in [-0.25, -0.2) is 4.57 Å². The molecule has 0 fully saturated rings. The number of alkyl halides is 2. The summed E-state index contributed by atoms with van der Waals surface area (Å²) >= 11 is 15.8. The van der Waals surface area contributed by atoms with Crippen molar-refractivity contribution in [3.05, 3.63) is 0 Å². The Kier molecular flexibility index (Phi) is 7.13. The first-order valence-electron chi connectivity index (χ1n) is 2.83. The topological polar surface area (TPSA) is 35.5 Å². The molecule has 0 aromatic heterocycles. The molecule has 0 atom stereocenters. The first-order chi connectivity index (χ1) is 5.12. The van der Waals surface area contributed by atoms with E-state index in [0.717, 1.165) is 0 Å². The minimum atomic E-state index is -3.42. The van der Waals surface area contributed by atoms with Crippen LogP contribution < -0.4 is 0 Å². The fraction of sp³-hybridized carbons (Fsp3) is 1.00. The molecule has 0 aliphatic carbocycles. The Bertz CT molecular complexity index is 131. The van der Waals surface area contributed by atoms with Gasteiger partial charge in [0.15, 0.2) is 0 Å². The molecule has 0 saturated carbocycles. The zero-order valence-electron chi connectivity index (χ0n) is 5.63. The third-order valence-corrected chi connectivity index (χ3v) is 2.52. The molecule has 11 heavy (non-hydrogen) atoms. The van der Waals surface area contributed by atoms with Gasteiger partial charge in [0.2, 0.25) is 0 Å². The SMILES string of the molecule is O=P(Cl)(OCCCl)OCCCl. The molecule has 0 spiro atoms. The highest BCUT2D eigenvalue weighted by atomic mass is 35.7. The smallest absolute Gasteiger partial charge is 0.296 e. The van der Waals surface area contributed by atoms with E-state index < -0.39 is 6.95 Å². The Morgan fingerprint density at radius 3 is 1.73 bits per heavy atom. The third-order valence-electron chi connectivity index (χ3n) is 0.645. The summed E-state index contributed by atoms with van der Waals surface area (Å²) in [5, 5.41) is 0. The highest BCUT2D eigenvalue weighted by molar-refractivity contribution is 7.81. The molecule has 7 heteroatoms. The van der Waals surface area contributed by atoms with Gasteiger partial charge in [-0.05, 0) is 0 Å². The van der Waals surface area contributed by atoms with Gasteiger partial charge in [0.1, 0.15) is 0 Å². The molecule has 0 aliphatic rings. The highest BCUT2D eigenvalue weighted by Gasteiger charge is 2.19. The fourth-order valence-corrected chi connectivity index (χ4v) is 1.80. The van der Waals surface area contributed by atoms with Crippen LogP contribution in [-0.4, -0.2) is 25.0 Å². The molecule has 3 nitrogen and oxygen atoms in total. The standard InChI is InChI=1S/C4H8Cl3O3P/c5-1-3-9-11(7,8)10-4-2-6/h1-4H2. The second kappa shape index (κ2) is 6.53. The molecule has 68 valence electrons. The minimum absolute atomic E-state index is 0.102. The van der Waals surface area contributed by atoms with Crippen LogP contribution in [0.4, 0.5) is 0 Å². The molecule has 0 aromatic carbocycles. The van der Waals surface area contributed by atoms with Crippen molar-refractivity contribution < 1.29 is 13.6 Å². The molecule has 0 N–H and O–H groups in total. The van der Waals surface area contributed by atoms with Gasteiger partial charge in [-0.2, -0.15) is 0 Å². The van der Waals surface area contributed by atoms with Gasteiger partial charge in [-0.3, -0.25) is 9.05 Å². The Labute approximate surface area is 80.2 Å². The van der Waals surface area contributed by atoms with Crippen LogP contribution >= 0.6 is 41.4 Å². The van der Waals surface area contributed by atoms with E-state index in [1.807, 2.05) is 0 Å². The summed E-state index contributed by atoms with van der Waals surface area (Å²) in [6, 6.07) is 0. The van der Waals surface area contributed by atoms with Crippen LogP contribution in [0.3, 0.4) is 0 Å². The number of hydrogen-bond donors (Lipinski definition) is 0. The van der Waals surface area contributed by atoms with E-state index >= 15 is 0 Å². The van der Waals surface area contributed by atoms with E-state index in [1.165, 1.54) is 0 Å². The van der Waals surface area contributed by atoms with Crippen molar-refractivity contribution in [2.45, 2.75) is 0 Å². The molecule has 0 aliphatic heterocycles. The maximum atomic E-state index is 10.9. The van der Waals surface area contributed by atoms with Crippen LogP contribution in [0.1, 0.15) is 0 Å². The second-order valence-corrected chi connectivity index (χ2v) is 4.85. The quantitative estimate of drug-likeness (QED) is 0.530. The molecule has 0 saturated heterocycles. The van der Waals surface area contributed by atoms with Gasteiger partial charge >= 0.3 is 6.95 Å². The van der Waals surface area contributed by atoms with Crippen molar-refractivity contribution in [3.8, 4) is 0 Å². The maximum absolute atomic E-state index is 10.9. The van der Waals surface area contributed by atoms with Crippen molar-refractivity contribution in [2.75, 3.05) is 25.0 Å². The molecular formula is C4H8Cl3O3P. The van der Waals surface area contributed by atoms with E-state index in [-0.39, 0.29) is 25.0 Å². The van der Waals surface area contributed by atoms with Crippen LogP contribution in [0, 0.1) is 0 Å². The summed E-state index contributed by atoms with van der Waals surface area (Å²) in [4.78, 5) is 0. The highest BCUT2D eigenvalue weighted by Crippen LogP contribution is 2.53. The van der Waals surface area contributed by atoms with Crippen LogP contribution in [0.2, 0.25) is 0 Å². The predicted molar refractivity (Wildman–Crippen MR) is 46.8 cm³/mol. The van der Waals surface area contributed by atoms with Crippen molar-refractivity contribution in [3.63, 3.8) is 0 Å². The van der Waals surface area contributed by atoms with Crippen LogP contribution in [0.5, 0.6) is 0 Å². The molecule has 0 heterocycles. The molecule has 0 rings (SSSR count). The van der Waals surface area contributed by atoms with Gasteiger partial charge in [0.05, 0.1) is 13.2 Å². The lowest BCUT2D eigenvalue weighted by Gasteiger charge is -2.08. The largest absolute Gasteiger partial charge is 0.424 e. The van der Waals surface area contributed by atoms with Crippen molar-refractivity contribution in [1.82, 2.24) is 0 Å². The van der Waals surface area contributed by atoms with Crippen LogP contribution in [-0.2, 0) is 13.6 Å². The first kappa shape index (κ1) is 12.0. The van der Waals surface area contributed by atoms with E-state index in [0.29, 0.717) is 0 Å². The number of rotatable bonds is 6. The average molecular weight is 241 g/mol. The van der Waals surface area contributed by atoms with Gasteiger partial charge < -0.3 is 0 Å². The third kappa shape index (κ3) is 7.38. The number of halogens is 3. The number of hydrogen-bond acceptors (Lipinski definition) is 3.